The van der Waals surface area contributed by atoms with Crippen LogP contribution >= 0.6 is 0 Å². The van der Waals surface area contributed by atoms with Crippen LogP contribution in [0.15, 0.2) is 42.5 Å². The molecule has 1 saturated heterocycles. The lowest BCUT2D eigenvalue weighted by Crippen LogP contribution is -2.40. The summed E-state index contributed by atoms with van der Waals surface area (Å²) in [6.07, 6.45) is 0.713. The molecule has 3 rings (SSSR count). The second kappa shape index (κ2) is 7.01. The molecule has 24 heavy (non-hydrogen) atoms. The Kier molecular flexibility index (Phi) is 4.81. The highest BCUT2D eigenvalue weighted by molar-refractivity contribution is 5.95. The fourth-order valence-corrected chi connectivity index (χ4v) is 2.89. The number of ether oxygens (including phenoxy) is 1. The van der Waals surface area contributed by atoms with Gasteiger partial charge in [0.05, 0.1) is 18.8 Å². The van der Waals surface area contributed by atoms with Gasteiger partial charge in [0.15, 0.2) is 0 Å². The van der Waals surface area contributed by atoms with Gasteiger partial charge in [0.2, 0.25) is 0 Å². The first-order valence-corrected chi connectivity index (χ1v) is 8.00. The zero-order valence-corrected chi connectivity index (χ0v) is 13.5. The Morgan fingerprint density at radius 2 is 1.75 bits per heavy atom. The molecule has 4 nitrogen and oxygen atoms in total. The Balaban J connectivity index is 1.80. The fourth-order valence-electron chi connectivity index (χ4n) is 2.89. The van der Waals surface area contributed by atoms with Gasteiger partial charge in [-0.05, 0) is 48.2 Å². The van der Waals surface area contributed by atoms with E-state index in [1.807, 2.05) is 24.3 Å². The normalized spacial score (nSPS) is 15.4. The van der Waals surface area contributed by atoms with Crippen LogP contribution in [-0.4, -0.2) is 42.2 Å². The molecule has 0 saturated carbocycles. The van der Waals surface area contributed by atoms with Gasteiger partial charge in [-0.3, -0.25) is 4.79 Å². The molecule has 0 aliphatic carbocycles. The average Bonchev–Trinajstić information content (AvgIpc) is 2.62. The number of nitrogens with zero attached hydrogens (tertiary/aromatic N) is 1. The number of rotatable bonds is 3. The number of likely N-dealkylation sites (tertiary alicyclic amines) is 1. The fraction of sp³-hybridized carbons (Fsp3) is 0.316. The van der Waals surface area contributed by atoms with Gasteiger partial charge in [0.1, 0.15) is 11.6 Å². The largest absolute Gasteiger partial charge is 0.497 e. The number of carbonyl (C=O) groups excluding carboxylic acids is 1. The summed E-state index contributed by atoms with van der Waals surface area (Å²) in [6.45, 7) is 0.916. The van der Waals surface area contributed by atoms with Crippen LogP contribution in [0.2, 0.25) is 0 Å². The summed E-state index contributed by atoms with van der Waals surface area (Å²) in [5, 5.41) is 9.51. The molecule has 1 fully saturated rings. The summed E-state index contributed by atoms with van der Waals surface area (Å²) in [5.41, 5.74) is 1.64. The molecule has 0 unspecified atom stereocenters. The van der Waals surface area contributed by atoms with E-state index in [0.717, 1.165) is 11.3 Å². The molecule has 1 aliphatic rings. The highest BCUT2D eigenvalue weighted by Gasteiger charge is 2.24. The molecule has 5 heteroatoms. The molecule has 0 atom stereocenters. The van der Waals surface area contributed by atoms with Gasteiger partial charge in [-0.25, -0.2) is 4.39 Å². The second-order valence-electron chi connectivity index (χ2n) is 5.95. The van der Waals surface area contributed by atoms with Gasteiger partial charge in [-0.1, -0.05) is 18.2 Å². The smallest absolute Gasteiger partial charge is 0.256 e. The van der Waals surface area contributed by atoms with Crippen molar-refractivity contribution in [2.75, 3.05) is 20.2 Å². The summed E-state index contributed by atoms with van der Waals surface area (Å²) in [7, 11) is 1.59. The highest BCUT2D eigenvalue weighted by Crippen LogP contribution is 2.25. The van der Waals surface area contributed by atoms with Crippen LogP contribution in [0.5, 0.6) is 5.75 Å². The van der Waals surface area contributed by atoms with E-state index in [0.29, 0.717) is 31.5 Å². The maximum Gasteiger partial charge on any atom is 0.256 e. The van der Waals surface area contributed by atoms with Crippen molar-refractivity contribution in [2.45, 2.75) is 18.9 Å². The predicted molar refractivity (Wildman–Crippen MR) is 89.5 cm³/mol. The molecule has 1 aliphatic heterocycles. The van der Waals surface area contributed by atoms with Gasteiger partial charge in [0, 0.05) is 13.1 Å². The SMILES string of the molecule is COc1ccc(-c2ccc(C(=O)N3CCC(O)CC3)c(F)c2)cc1. The number of halogens is 1. The summed E-state index contributed by atoms with van der Waals surface area (Å²) in [5.74, 6) is -0.113. The highest BCUT2D eigenvalue weighted by atomic mass is 19.1. The van der Waals surface area contributed by atoms with E-state index in [1.165, 1.54) is 12.1 Å². The first-order valence-electron chi connectivity index (χ1n) is 8.00. The first-order chi connectivity index (χ1) is 11.6. The quantitative estimate of drug-likeness (QED) is 0.941. The lowest BCUT2D eigenvalue weighted by molar-refractivity contribution is 0.0543. The lowest BCUT2D eigenvalue weighted by atomic mass is 10.0. The molecule has 0 bridgehead atoms. The molecule has 0 aromatic heterocycles. The molecule has 126 valence electrons. The standard InChI is InChI=1S/C19H20FNO3/c1-24-16-5-2-13(3-6-16)14-4-7-17(18(20)12-14)19(23)21-10-8-15(22)9-11-21/h2-7,12,15,22H,8-11H2,1H3. The van der Waals surface area contributed by atoms with Crippen molar-refractivity contribution in [1.82, 2.24) is 4.90 Å². The van der Waals surface area contributed by atoms with Crippen LogP contribution in [0.4, 0.5) is 4.39 Å². The van der Waals surface area contributed by atoms with Gasteiger partial charge >= 0.3 is 0 Å². The monoisotopic (exact) mass is 329 g/mol. The Morgan fingerprint density at radius 3 is 2.33 bits per heavy atom. The third-order valence-corrected chi connectivity index (χ3v) is 4.37. The van der Waals surface area contributed by atoms with Gasteiger partial charge in [0.25, 0.3) is 5.91 Å². The molecule has 0 radical (unpaired) electrons. The van der Waals surface area contributed by atoms with Gasteiger partial charge < -0.3 is 14.7 Å². The van der Waals surface area contributed by atoms with E-state index < -0.39 is 5.82 Å². The summed E-state index contributed by atoms with van der Waals surface area (Å²) in [6, 6.07) is 12.0. The minimum Gasteiger partial charge on any atom is -0.497 e. The number of hydrogen-bond acceptors (Lipinski definition) is 3. The summed E-state index contributed by atoms with van der Waals surface area (Å²) < 4.78 is 19.6. The van der Waals surface area contributed by atoms with E-state index in [-0.39, 0.29) is 17.6 Å². The topological polar surface area (TPSA) is 49.8 Å². The number of methoxy groups -OCH3 is 1. The average molecular weight is 329 g/mol. The first kappa shape index (κ1) is 16.5. The van der Waals surface area contributed by atoms with E-state index in [4.69, 9.17) is 4.74 Å². The molecule has 1 N–H and O–H groups in total. The van der Waals surface area contributed by atoms with Crippen molar-refractivity contribution in [1.29, 1.82) is 0 Å². The molecule has 0 spiro atoms. The van der Waals surface area contributed by atoms with E-state index in [1.54, 1.807) is 18.1 Å². The third kappa shape index (κ3) is 3.41. The molecule has 2 aromatic carbocycles. The van der Waals surface area contributed by atoms with Crippen LogP contribution in [0, 0.1) is 5.82 Å². The zero-order chi connectivity index (χ0) is 17.1. The van der Waals surface area contributed by atoms with Crippen molar-refractivity contribution in [3.63, 3.8) is 0 Å². The third-order valence-electron chi connectivity index (χ3n) is 4.37. The lowest BCUT2D eigenvalue weighted by Gasteiger charge is -2.29. The van der Waals surface area contributed by atoms with Gasteiger partial charge in [-0.2, -0.15) is 0 Å². The maximum atomic E-state index is 14.4. The number of carbonyl (C=O) groups is 1. The second-order valence-corrected chi connectivity index (χ2v) is 5.95. The van der Waals surface area contributed by atoms with Crippen LogP contribution in [0.1, 0.15) is 23.2 Å². The number of benzene rings is 2. The Labute approximate surface area is 140 Å². The molecular formula is C19H20FNO3. The molecule has 1 amide bonds. The molecule has 1 heterocycles. The number of hydrogen-bond donors (Lipinski definition) is 1. The number of piperidine rings is 1. The molecule has 2 aromatic rings. The molecular weight excluding hydrogens is 309 g/mol. The van der Waals surface area contributed by atoms with E-state index in [2.05, 4.69) is 0 Å². The van der Waals surface area contributed by atoms with Crippen molar-refractivity contribution < 1.29 is 19.0 Å². The van der Waals surface area contributed by atoms with Crippen LogP contribution < -0.4 is 4.74 Å². The number of aliphatic hydroxyl groups is 1. The van der Waals surface area contributed by atoms with E-state index >= 15 is 0 Å². The van der Waals surface area contributed by atoms with Crippen LogP contribution in [0.25, 0.3) is 11.1 Å². The Morgan fingerprint density at radius 1 is 1.12 bits per heavy atom. The minimum atomic E-state index is -0.528. The maximum absolute atomic E-state index is 14.4. The summed E-state index contributed by atoms with van der Waals surface area (Å²) >= 11 is 0. The summed E-state index contributed by atoms with van der Waals surface area (Å²) in [4.78, 5) is 14.0. The Bertz CT molecular complexity index is 722. The van der Waals surface area contributed by atoms with Gasteiger partial charge in [-0.15, -0.1) is 0 Å². The minimum absolute atomic E-state index is 0.0728. The number of aliphatic hydroxyl groups excluding tert-OH is 1. The number of amides is 1. The van der Waals surface area contributed by atoms with Crippen molar-refractivity contribution in [3.8, 4) is 16.9 Å². The Hall–Kier alpha value is -2.40. The predicted octanol–water partition coefficient (Wildman–Crippen LogP) is 3.10. The van der Waals surface area contributed by atoms with Crippen LogP contribution in [-0.2, 0) is 0 Å². The van der Waals surface area contributed by atoms with Crippen molar-refractivity contribution in [2.24, 2.45) is 0 Å². The van der Waals surface area contributed by atoms with Crippen LogP contribution in [0.3, 0.4) is 0 Å². The van der Waals surface area contributed by atoms with Crippen molar-refractivity contribution >= 4 is 5.91 Å². The zero-order valence-electron chi connectivity index (χ0n) is 13.5. The van der Waals surface area contributed by atoms with Crippen molar-refractivity contribution in [3.05, 3.63) is 53.8 Å². The van der Waals surface area contributed by atoms with E-state index in [9.17, 15) is 14.3 Å².